The molecular formula is C11H7F6N4OS+. The van der Waals surface area contributed by atoms with E-state index in [-0.39, 0.29) is 0 Å². The highest BCUT2D eigenvalue weighted by Crippen LogP contribution is 2.38. The number of anilines is 1. The van der Waals surface area contributed by atoms with Gasteiger partial charge in [-0.05, 0) is 6.07 Å². The number of para-hydroxylation sites is 1. The van der Waals surface area contributed by atoms with E-state index < -0.39 is 52.3 Å². The minimum atomic E-state index is -4.91. The quantitative estimate of drug-likeness (QED) is 0.677. The van der Waals surface area contributed by atoms with Gasteiger partial charge >= 0.3 is 29.3 Å². The van der Waals surface area contributed by atoms with Gasteiger partial charge in [0, 0.05) is 4.21 Å². The number of rotatable bonds is 3. The SMILES string of the molecule is Nc1nc(C(F)(F)F)nn1-c1ccccc1C([S+]=O)C(F)(F)F. The number of nitrogens with zero attached hydrogens (tertiary/aromatic N) is 3. The van der Waals surface area contributed by atoms with Crippen LogP contribution in [0.4, 0.5) is 32.3 Å². The van der Waals surface area contributed by atoms with E-state index >= 15 is 0 Å². The summed E-state index contributed by atoms with van der Waals surface area (Å²) in [4.78, 5) is 2.99. The first-order chi connectivity index (χ1) is 10.6. The topological polar surface area (TPSA) is 73.8 Å². The summed E-state index contributed by atoms with van der Waals surface area (Å²) in [6.07, 6.45) is -9.81. The van der Waals surface area contributed by atoms with Gasteiger partial charge in [0.15, 0.2) is 0 Å². The maximum Gasteiger partial charge on any atom is 0.477 e. The van der Waals surface area contributed by atoms with Gasteiger partial charge in [0.05, 0.1) is 11.3 Å². The molecule has 0 spiro atoms. The fourth-order valence-corrected chi connectivity index (χ4v) is 2.22. The van der Waals surface area contributed by atoms with Crippen molar-refractivity contribution in [3.63, 3.8) is 0 Å². The lowest BCUT2D eigenvalue weighted by molar-refractivity contribution is -0.144. The molecule has 1 atom stereocenters. The van der Waals surface area contributed by atoms with Crippen molar-refractivity contribution < 1.29 is 30.6 Å². The van der Waals surface area contributed by atoms with Crippen molar-refractivity contribution in [3.8, 4) is 5.69 Å². The van der Waals surface area contributed by atoms with Crippen LogP contribution in [0, 0.1) is 0 Å². The third-order valence-electron chi connectivity index (χ3n) is 2.73. The molecule has 0 bridgehead atoms. The minimum absolute atomic E-state index is 0.404. The molecular weight excluding hydrogens is 350 g/mol. The molecule has 1 unspecified atom stereocenters. The first kappa shape index (κ1) is 17.1. The number of nitrogens with two attached hydrogens (primary N) is 1. The molecule has 1 heterocycles. The first-order valence-electron chi connectivity index (χ1n) is 5.80. The van der Waals surface area contributed by atoms with Crippen LogP contribution in [0.3, 0.4) is 0 Å². The van der Waals surface area contributed by atoms with Crippen LogP contribution in [0.2, 0.25) is 0 Å². The molecule has 2 aromatic rings. The summed E-state index contributed by atoms with van der Waals surface area (Å²) in [6.45, 7) is 0. The molecule has 0 amide bonds. The van der Waals surface area contributed by atoms with Crippen molar-refractivity contribution in [2.45, 2.75) is 17.6 Å². The molecule has 1 aromatic carbocycles. The first-order valence-corrected chi connectivity index (χ1v) is 6.60. The average molecular weight is 357 g/mol. The number of alkyl halides is 6. The largest absolute Gasteiger partial charge is 0.477 e. The molecule has 12 heteroatoms. The van der Waals surface area contributed by atoms with E-state index in [2.05, 4.69) is 10.1 Å². The molecule has 0 saturated heterocycles. The molecule has 0 saturated carbocycles. The second-order valence-corrected chi connectivity index (χ2v) is 4.94. The molecule has 0 radical (unpaired) electrons. The van der Waals surface area contributed by atoms with Crippen molar-refractivity contribution in [1.29, 1.82) is 0 Å². The minimum Gasteiger partial charge on any atom is -0.368 e. The zero-order chi connectivity index (χ0) is 17.4. The van der Waals surface area contributed by atoms with Gasteiger partial charge in [-0.15, -0.1) is 5.10 Å². The Morgan fingerprint density at radius 2 is 1.74 bits per heavy atom. The maximum atomic E-state index is 12.9. The predicted octanol–water partition coefficient (Wildman–Crippen LogP) is 2.90. The second-order valence-electron chi connectivity index (χ2n) is 4.28. The molecule has 2 rings (SSSR count). The summed E-state index contributed by atoms with van der Waals surface area (Å²) in [6, 6.07) is 4.52. The Morgan fingerprint density at radius 1 is 1.13 bits per heavy atom. The third-order valence-corrected chi connectivity index (χ3v) is 3.44. The van der Waals surface area contributed by atoms with Crippen LogP contribution in [-0.2, 0) is 22.1 Å². The van der Waals surface area contributed by atoms with Gasteiger partial charge in [0.1, 0.15) is 0 Å². The van der Waals surface area contributed by atoms with Gasteiger partial charge in [0.2, 0.25) is 5.95 Å². The van der Waals surface area contributed by atoms with Crippen LogP contribution < -0.4 is 5.73 Å². The Labute approximate surface area is 128 Å². The van der Waals surface area contributed by atoms with E-state index in [0.29, 0.717) is 4.68 Å². The number of aromatic nitrogens is 3. The second kappa shape index (κ2) is 5.76. The smallest absolute Gasteiger partial charge is 0.368 e. The molecule has 5 nitrogen and oxygen atoms in total. The lowest BCUT2D eigenvalue weighted by Crippen LogP contribution is -2.22. The van der Waals surface area contributed by atoms with E-state index in [9.17, 15) is 30.6 Å². The molecule has 2 N–H and O–H groups in total. The maximum absolute atomic E-state index is 12.9. The van der Waals surface area contributed by atoms with E-state index in [0.717, 1.165) is 12.1 Å². The van der Waals surface area contributed by atoms with Crippen LogP contribution in [0.1, 0.15) is 16.6 Å². The van der Waals surface area contributed by atoms with Crippen molar-refractivity contribution in [2.75, 3.05) is 5.73 Å². The van der Waals surface area contributed by atoms with Gasteiger partial charge in [-0.2, -0.15) is 36.0 Å². The highest BCUT2D eigenvalue weighted by atomic mass is 32.1. The highest BCUT2D eigenvalue weighted by Gasteiger charge is 2.53. The molecule has 23 heavy (non-hydrogen) atoms. The predicted molar refractivity (Wildman–Crippen MR) is 67.6 cm³/mol. The molecule has 0 aliphatic heterocycles. The summed E-state index contributed by atoms with van der Waals surface area (Å²) in [7, 11) is 0. The molecule has 0 fully saturated rings. The van der Waals surface area contributed by atoms with Crippen LogP contribution in [0.15, 0.2) is 24.3 Å². The normalized spacial score (nSPS) is 13.8. The lowest BCUT2D eigenvalue weighted by atomic mass is 10.1. The summed E-state index contributed by atoms with van der Waals surface area (Å²) < 4.78 is 87.8. The molecule has 0 aliphatic rings. The van der Waals surface area contributed by atoms with E-state index in [1.165, 1.54) is 12.1 Å². The highest BCUT2D eigenvalue weighted by molar-refractivity contribution is 7.66. The number of hydrogen-bond donors (Lipinski definition) is 1. The molecule has 0 aliphatic carbocycles. The molecule has 124 valence electrons. The Balaban J connectivity index is 2.62. The fourth-order valence-electron chi connectivity index (χ4n) is 1.81. The number of halogens is 6. The van der Waals surface area contributed by atoms with E-state index in [1.807, 2.05) is 0 Å². The monoisotopic (exact) mass is 357 g/mol. The standard InChI is InChI=1S/C11H7F6N4OS/c12-10(13,14)7(23-22)5-3-1-2-4-6(5)21-9(18)19-8(20-21)11(15,16)17/h1-4,7H,(H2,18,19,20)/q+1. The van der Waals surface area contributed by atoms with E-state index in [4.69, 9.17) is 5.73 Å². The number of hydrogen-bond acceptors (Lipinski definition) is 4. The zero-order valence-electron chi connectivity index (χ0n) is 10.9. The van der Waals surface area contributed by atoms with Crippen LogP contribution in [-0.4, -0.2) is 20.9 Å². The average Bonchev–Trinajstić information content (AvgIpc) is 2.80. The number of benzene rings is 1. The summed E-state index contributed by atoms with van der Waals surface area (Å²) in [5.41, 5.74) is 4.34. The Morgan fingerprint density at radius 3 is 2.22 bits per heavy atom. The third kappa shape index (κ3) is 3.41. The number of nitrogen functional groups attached to an aromatic ring is 1. The Bertz CT molecular complexity index is 726. The van der Waals surface area contributed by atoms with Gasteiger partial charge in [0.25, 0.3) is 5.82 Å². The van der Waals surface area contributed by atoms with Gasteiger partial charge in [-0.3, -0.25) is 0 Å². The van der Waals surface area contributed by atoms with Gasteiger partial charge in [-0.25, -0.2) is 0 Å². The van der Waals surface area contributed by atoms with Crippen LogP contribution in [0.5, 0.6) is 0 Å². The van der Waals surface area contributed by atoms with Crippen molar-refractivity contribution in [3.05, 3.63) is 35.7 Å². The van der Waals surface area contributed by atoms with Crippen molar-refractivity contribution >= 4 is 17.6 Å². The van der Waals surface area contributed by atoms with Gasteiger partial charge in [-0.1, -0.05) is 18.2 Å². The molecule has 1 aromatic heterocycles. The lowest BCUT2D eigenvalue weighted by Gasteiger charge is -2.11. The summed E-state index contributed by atoms with van der Waals surface area (Å²) in [5.74, 6) is -2.34. The van der Waals surface area contributed by atoms with Crippen LogP contribution >= 0.6 is 0 Å². The zero-order valence-corrected chi connectivity index (χ0v) is 11.7. The van der Waals surface area contributed by atoms with Crippen molar-refractivity contribution in [2.24, 2.45) is 0 Å². The summed E-state index contributed by atoms with van der Waals surface area (Å²) >= 11 is -0.743. The Kier molecular flexibility index (Phi) is 4.28. The Hall–Kier alpha value is -2.24. The van der Waals surface area contributed by atoms with Crippen LogP contribution in [0.25, 0.3) is 5.69 Å². The van der Waals surface area contributed by atoms with Crippen molar-refractivity contribution in [1.82, 2.24) is 14.8 Å². The fraction of sp³-hybridized carbons (Fsp3) is 0.273. The van der Waals surface area contributed by atoms with E-state index in [1.54, 1.807) is 0 Å². The summed E-state index contributed by atoms with van der Waals surface area (Å²) in [5, 5.41) is 0.598. The van der Waals surface area contributed by atoms with Gasteiger partial charge < -0.3 is 5.73 Å².